The molecule has 1 saturated heterocycles. The van der Waals surface area contributed by atoms with E-state index in [4.69, 9.17) is 5.21 Å². The van der Waals surface area contributed by atoms with Gasteiger partial charge in [-0.05, 0) is 47.9 Å². The highest BCUT2D eigenvalue weighted by Crippen LogP contribution is 2.50. The minimum atomic E-state index is -0.332. The first kappa shape index (κ1) is 17.5. The van der Waals surface area contributed by atoms with E-state index >= 15 is 0 Å². The lowest BCUT2D eigenvalue weighted by Crippen LogP contribution is -2.32. The largest absolute Gasteiger partial charge is 0.392 e. The molecule has 3 N–H and O–H groups in total. The van der Waals surface area contributed by atoms with Crippen LogP contribution in [-0.4, -0.2) is 22.0 Å². The molecule has 1 aromatic heterocycles. The summed E-state index contributed by atoms with van der Waals surface area (Å²) in [4.78, 5) is 14.1. The number of carbonyl (C=O) groups is 1. The molecule has 6 heteroatoms. The molecule has 1 amide bonds. The zero-order chi connectivity index (χ0) is 17.0. The van der Waals surface area contributed by atoms with E-state index in [1.807, 2.05) is 36.0 Å². The van der Waals surface area contributed by atoms with Gasteiger partial charge in [0.1, 0.15) is 0 Å². The van der Waals surface area contributed by atoms with E-state index in [1.54, 1.807) is 16.8 Å². The summed E-state index contributed by atoms with van der Waals surface area (Å²) in [7, 11) is 0. The van der Waals surface area contributed by atoms with Crippen LogP contribution in [0.25, 0.3) is 10.4 Å². The molecule has 0 aliphatic carbocycles. The summed E-state index contributed by atoms with van der Waals surface area (Å²) < 4.78 is -0.247. The van der Waals surface area contributed by atoms with E-state index in [9.17, 15) is 9.90 Å². The maximum atomic E-state index is 11.8. The Bertz CT molecular complexity index is 708. The van der Waals surface area contributed by atoms with Gasteiger partial charge in [-0.25, -0.2) is 5.48 Å². The predicted molar refractivity (Wildman–Crippen MR) is 98.2 cm³/mol. The topological polar surface area (TPSA) is 69.6 Å². The number of amides is 1. The summed E-state index contributed by atoms with van der Waals surface area (Å²) in [6, 6.07) is 12.1. The van der Waals surface area contributed by atoms with Crippen molar-refractivity contribution in [3.8, 4) is 10.4 Å². The molecular formula is C18H21NO3S2. The number of thiophene rings is 1. The molecule has 0 unspecified atom stereocenters. The van der Waals surface area contributed by atoms with Crippen LogP contribution in [0.1, 0.15) is 36.1 Å². The van der Waals surface area contributed by atoms with E-state index in [0.29, 0.717) is 6.42 Å². The number of hydrogen-bond acceptors (Lipinski definition) is 5. The number of benzene rings is 1. The van der Waals surface area contributed by atoms with Gasteiger partial charge in [-0.3, -0.25) is 10.0 Å². The summed E-state index contributed by atoms with van der Waals surface area (Å²) in [6.45, 7) is 0.0303. The number of aliphatic hydroxyl groups is 1. The van der Waals surface area contributed by atoms with Crippen molar-refractivity contribution in [2.24, 2.45) is 0 Å². The first-order valence-electron chi connectivity index (χ1n) is 8.04. The van der Waals surface area contributed by atoms with Crippen LogP contribution in [0.4, 0.5) is 0 Å². The summed E-state index contributed by atoms with van der Waals surface area (Å²) >= 11 is 3.52. The van der Waals surface area contributed by atoms with E-state index in [2.05, 4.69) is 12.1 Å². The fraction of sp³-hybridized carbons (Fsp3) is 0.389. The van der Waals surface area contributed by atoms with Gasteiger partial charge in [-0.1, -0.05) is 24.6 Å². The first-order valence-corrected chi connectivity index (χ1v) is 9.84. The average Bonchev–Trinajstić information content (AvgIpc) is 3.13. The molecule has 128 valence electrons. The SMILES string of the molecule is O=C(C[C@]1(c2ccc(-c3cccc(CO)c3)s2)CCCCS1)NO. The van der Waals surface area contributed by atoms with E-state index in [-0.39, 0.29) is 17.3 Å². The Morgan fingerprint density at radius 2 is 2.12 bits per heavy atom. The molecule has 3 rings (SSSR count). The monoisotopic (exact) mass is 363 g/mol. The smallest absolute Gasteiger partial charge is 0.245 e. The van der Waals surface area contributed by atoms with E-state index < -0.39 is 0 Å². The zero-order valence-electron chi connectivity index (χ0n) is 13.3. The number of nitrogens with one attached hydrogen (secondary N) is 1. The summed E-state index contributed by atoms with van der Waals surface area (Å²) in [6.07, 6.45) is 3.51. The van der Waals surface area contributed by atoms with Gasteiger partial charge in [0.2, 0.25) is 5.91 Å². The van der Waals surface area contributed by atoms with Gasteiger partial charge in [0.05, 0.1) is 11.4 Å². The maximum absolute atomic E-state index is 11.8. The van der Waals surface area contributed by atoms with E-state index in [0.717, 1.165) is 34.6 Å². The molecule has 1 aliphatic heterocycles. The van der Waals surface area contributed by atoms with Crippen LogP contribution in [0.5, 0.6) is 0 Å². The molecule has 1 aliphatic rings. The van der Waals surface area contributed by atoms with Crippen molar-refractivity contribution in [1.29, 1.82) is 0 Å². The fourth-order valence-corrected chi connectivity index (χ4v) is 6.02. The van der Waals surface area contributed by atoms with Crippen LogP contribution in [0.15, 0.2) is 36.4 Å². The van der Waals surface area contributed by atoms with Gasteiger partial charge < -0.3 is 5.11 Å². The normalized spacial score (nSPS) is 20.8. The van der Waals surface area contributed by atoms with Crippen LogP contribution >= 0.6 is 23.1 Å². The van der Waals surface area contributed by atoms with Crippen LogP contribution in [-0.2, 0) is 16.1 Å². The van der Waals surface area contributed by atoms with Crippen molar-refractivity contribution in [3.63, 3.8) is 0 Å². The Hall–Kier alpha value is -1.34. The predicted octanol–water partition coefficient (Wildman–Crippen LogP) is 3.92. The number of thioether (sulfide) groups is 1. The Balaban J connectivity index is 1.92. The number of aliphatic hydroxyl groups excluding tert-OH is 1. The van der Waals surface area contributed by atoms with Crippen molar-refractivity contribution >= 4 is 29.0 Å². The molecule has 1 aromatic carbocycles. The van der Waals surface area contributed by atoms with Gasteiger partial charge in [-0.2, -0.15) is 0 Å². The molecule has 1 atom stereocenters. The van der Waals surface area contributed by atoms with Crippen LogP contribution in [0, 0.1) is 0 Å². The number of carbonyl (C=O) groups excluding carboxylic acids is 1. The molecule has 2 heterocycles. The lowest BCUT2D eigenvalue weighted by molar-refractivity contribution is -0.129. The third-order valence-corrected chi connectivity index (χ3v) is 7.45. The second-order valence-corrected chi connectivity index (χ2v) is 8.60. The molecule has 2 aromatic rings. The highest BCUT2D eigenvalue weighted by Gasteiger charge is 2.38. The molecule has 0 radical (unpaired) electrons. The zero-order valence-corrected chi connectivity index (χ0v) is 15.0. The average molecular weight is 364 g/mol. The van der Waals surface area contributed by atoms with Gasteiger partial charge in [0.15, 0.2) is 0 Å². The highest BCUT2D eigenvalue weighted by molar-refractivity contribution is 8.00. The van der Waals surface area contributed by atoms with Crippen molar-refractivity contribution in [2.45, 2.75) is 37.0 Å². The minimum absolute atomic E-state index is 0.0303. The quantitative estimate of drug-likeness (QED) is 0.556. The van der Waals surface area contributed by atoms with Gasteiger partial charge in [0.25, 0.3) is 0 Å². The third kappa shape index (κ3) is 3.67. The summed E-state index contributed by atoms with van der Waals surface area (Å²) in [5.74, 6) is 0.702. The molecule has 4 nitrogen and oxygen atoms in total. The number of hydroxylamine groups is 1. The Morgan fingerprint density at radius 1 is 1.25 bits per heavy atom. The number of rotatable bonds is 5. The van der Waals surface area contributed by atoms with Crippen LogP contribution in [0.2, 0.25) is 0 Å². The van der Waals surface area contributed by atoms with Crippen LogP contribution < -0.4 is 5.48 Å². The maximum Gasteiger partial charge on any atom is 0.245 e. The fourth-order valence-electron chi connectivity index (χ4n) is 3.13. The first-order chi connectivity index (χ1) is 11.7. The van der Waals surface area contributed by atoms with Gasteiger partial charge in [-0.15, -0.1) is 23.1 Å². The van der Waals surface area contributed by atoms with Gasteiger partial charge in [0, 0.05) is 16.2 Å². The van der Waals surface area contributed by atoms with Crippen molar-refractivity contribution in [2.75, 3.05) is 5.75 Å². The Kier molecular flexibility index (Phi) is 5.61. The molecule has 0 bridgehead atoms. The lowest BCUT2D eigenvalue weighted by Gasteiger charge is -2.35. The summed E-state index contributed by atoms with van der Waals surface area (Å²) in [5.41, 5.74) is 3.76. The second-order valence-electron chi connectivity index (χ2n) is 6.03. The van der Waals surface area contributed by atoms with Crippen molar-refractivity contribution < 1.29 is 15.1 Å². The van der Waals surface area contributed by atoms with E-state index in [1.165, 1.54) is 11.3 Å². The number of hydrogen-bond donors (Lipinski definition) is 3. The second kappa shape index (κ2) is 7.70. The van der Waals surface area contributed by atoms with Crippen molar-refractivity contribution in [1.82, 2.24) is 5.48 Å². The Labute approximate surface area is 149 Å². The minimum Gasteiger partial charge on any atom is -0.392 e. The molecular weight excluding hydrogens is 342 g/mol. The molecule has 0 spiro atoms. The van der Waals surface area contributed by atoms with Gasteiger partial charge >= 0.3 is 0 Å². The van der Waals surface area contributed by atoms with Crippen LogP contribution in [0.3, 0.4) is 0 Å². The molecule has 24 heavy (non-hydrogen) atoms. The summed E-state index contributed by atoms with van der Waals surface area (Å²) in [5, 5.41) is 18.3. The van der Waals surface area contributed by atoms with Crippen molar-refractivity contribution in [3.05, 3.63) is 46.8 Å². The lowest BCUT2D eigenvalue weighted by atomic mass is 9.94. The Morgan fingerprint density at radius 3 is 2.83 bits per heavy atom. The molecule has 1 fully saturated rings. The third-order valence-electron chi connectivity index (χ3n) is 4.37. The standard InChI is InChI=1S/C18H21NO3S2/c20-12-13-4-3-5-14(10-13)15-6-7-16(24-15)18(11-17(21)19-22)8-1-2-9-23-18/h3-7,10,20,22H,1-2,8-9,11-12H2,(H,19,21)/t18-/m0/s1. The highest BCUT2D eigenvalue weighted by atomic mass is 32.2. The molecule has 0 saturated carbocycles.